The van der Waals surface area contributed by atoms with Crippen molar-refractivity contribution in [2.24, 2.45) is 0 Å². The van der Waals surface area contributed by atoms with E-state index >= 15 is 0 Å². The van der Waals surface area contributed by atoms with Crippen LogP contribution in [0.1, 0.15) is 14.5 Å². The number of aryl methyl sites for hydroxylation is 1. The maximum absolute atomic E-state index is 11.9. The van der Waals surface area contributed by atoms with E-state index in [1.54, 1.807) is 6.07 Å². The maximum Gasteiger partial charge on any atom is 0.210 e. The number of benzene rings is 1. The van der Waals surface area contributed by atoms with Crippen LogP contribution in [0.25, 0.3) is 0 Å². The number of thiophene rings is 1. The average Bonchev–Trinajstić information content (AvgIpc) is 2.74. The van der Waals surface area contributed by atoms with E-state index in [9.17, 15) is 4.79 Å². The SMILES string of the molecule is Cc1ccc(C(=O)COc2c(Cl)cc(Cl)cc2Cl)s1. The van der Waals surface area contributed by atoms with Crippen molar-refractivity contribution >= 4 is 51.9 Å². The van der Waals surface area contributed by atoms with Gasteiger partial charge in [-0.15, -0.1) is 11.3 Å². The van der Waals surface area contributed by atoms with Crippen LogP contribution in [0.2, 0.25) is 15.1 Å². The number of rotatable bonds is 4. The minimum Gasteiger partial charge on any atom is -0.482 e. The number of carbonyl (C=O) groups is 1. The largest absolute Gasteiger partial charge is 0.482 e. The molecular weight excluding hydrogens is 327 g/mol. The highest BCUT2D eigenvalue weighted by atomic mass is 35.5. The lowest BCUT2D eigenvalue weighted by molar-refractivity contribution is 0.0926. The summed E-state index contributed by atoms with van der Waals surface area (Å²) in [5, 5.41) is 0.989. The topological polar surface area (TPSA) is 26.3 Å². The number of hydrogen-bond acceptors (Lipinski definition) is 3. The molecule has 1 heterocycles. The van der Waals surface area contributed by atoms with E-state index in [-0.39, 0.29) is 28.2 Å². The zero-order chi connectivity index (χ0) is 14.0. The van der Waals surface area contributed by atoms with E-state index in [0.29, 0.717) is 9.90 Å². The Morgan fingerprint density at radius 1 is 1.21 bits per heavy atom. The molecule has 0 N–H and O–H groups in total. The van der Waals surface area contributed by atoms with Crippen LogP contribution in [-0.2, 0) is 0 Å². The second-order valence-electron chi connectivity index (χ2n) is 3.82. The van der Waals surface area contributed by atoms with Gasteiger partial charge in [-0.1, -0.05) is 34.8 Å². The van der Waals surface area contributed by atoms with E-state index in [1.807, 2.05) is 13.0 Å². The Hall–Kier alpha value is -0.740. The number of carbonyl (C=O) groups excluding carboxylic acids is 1. The summed E-state index contributed by atoms with van der Waals surface area (Å²) in [6.07, 6.45) is 0. The summed E-state index contributed by atoms with van der Waals surface area (Å²) in [5.41, 5.74) is 0. The van der Waals surface area contributed by atoms with Crippen LogP contribution in [0.15, 0.2) is 24.3 Å². The Morgan fingerprint density at radius 2 is 1.84 bits per heavy atom. The molecule has 19 heavy (non-hydrogen) atoms. The standard InChI is InChI=1S/C13H9Cl3O2S/c1-7-2-3-12(19-7)11(17)6-18-13-9(15)4-8(14)5-10(13)16/h2-5H,6H2,1H3. The summed E-state index contributed by atoms with van der Waals surface area (Å²) >= 11 is 19.2. The normalized spacial score (nSPS) is 10.5. The monoisotopic (exact) mass is 334 g/mol. The van der Waals surface area contributed by atoms with Crippen molar-refractivity contribution in [2.75, 3.05) is 6.61 Å². The highest BCUT2D eigenvalue weighted by Gasteiger charge is 2.13. The van der Waals surface area contributed by atoms with E-state index in [2.05, 4.69) is 0 Å². The molecule has 0 amide bonds. The molecule has 0 spiro atoms. The predicted octanol–water partition coefficient (Wildman–Crippen LogP) is 5.28. The average molecular weight is 336 g/mol. The molecule has 2 aromatic rings. The smallest absolute Gasteiger partial charge is 0.210 e. The van der Waals surface area contributed by atoms with Gasteiger partial charge in [-0.2, -0.15) is 0 Å². The van der Waals surface area contributed by atoms with Gasteiger partial charge in [0.05, 0.1) is 14.9 Å². The molecule has 0 aliphatic heterocycles. The van der Waals surface area contributed by atoms with Gasteiger partial charge in [0.2, 0.25) is 5.78 Å². The lowest BCUT2D eigenvalue weighted by Gasteiger charge is -2.09. The molecule has 2 rings (SSSR count). The molecule has 0 atom stereocenters. The van der Waals surface area contributed by atoms with Crippen LogP contribution in [-0.4, -0.2) is 12.4 Å². The van der Waals surface area contributed by atoms with Gasteiger partial charge in [0.15, 0.2) is 12.4 Å². The lowest BCUT2D eigenvalue weighted by Crippen LogP contribution is -2.10. The van der Waals surface area contributed by atoms with Crippen molar-refractivity contribution in [3.63, 3.8) is 0 Å². The van der Waals surface area contributed by atoms with E-state index in [0.717, 1.165) is 4.88 Å². The lowest BCUT2D eigenvalue weighted by atomic mass is 10.3. The van der Waals surface area contributed by atoms with Crippen LogP contribution in [0.5, 0.6) is 5.75 Å². The van der Waals surface area contributed by atoms with Gasteiger partial charge < -0.3 is 4.74 Å². The Morgan fingerprint density at radius 3 is 2.37 bits per heavy atom. The number of halogens is 3. The molecular formula is C13H9Cl3O2S. The van der Waals surface area contributed by atoms with Crippen molar-refractivity contribution in [1.29, 1.82) is 0 Å². The second kappa shape index (κ2) is 6.14. The Balaban J connectivity index is 2.09. The second-order valence-corrected chi connectivity index (χ2v) is 6.36. The Bertz CT molecular complexity index is 599. The maximum atomic E-state index is 11.9. The van der Waals surface area contributed by atoms with Gasteiger partial charge in [0.25, 0.3) is 0 Å². The molecule has 0 fully saturated rings. The molecule has 0 radical (unpaired) electrons. The molecule has 6 heteroatoms. The van der Waals surface area contributed by atoms with E-state index < -0.39 is 0 Å². The number of Topliss-reactive ketones (excluding diaryl/α,β-unsaturated/α-hetero) is 1. The van der Waals surface area contributed by atoms with Gasteiger partial charge in [-0.25, -0.2) is 0 Å². The van der Waals surface area contributed by atoms with Crippen LogP contribution in [0.3, 0.4) is 0 Å². The first-order valence-corrected chi connectivity index (χ1v) is 7.29. The third kappa shape index (κ3) is 3.63. The Labute approximate surface area is 129 Å². The van der Waals surface area contributed by atoms with Crippen molar-refractivity contribution in [2.45, 2.75) is 6.92 Å². The van der Waals surface area contributed by atoms with Crippen LogP contribution >= 0.6 is 46.1 Å². The first-order chi connectivity index (χ1) is 8.97. The molecule has 100 valence electrons. The molecule has 1 aromatic carbocycles. The zero-order valence-electron chi connectivity index (χ0n) is 9.88. The molecule has 2 nitrogen and oxygen atoms in total. The minimum atomic E-state index is -0.111. The van der Waals surface area contributed by atoms with Crippen molar-refractivity contribution in [3.8, 4) is 5.75 Å². The number of ether oxygens (including phenoxy) is 1. The molecule has 0 saturated heterocycles. The van der Waals surface area contributed by atoms with E-state index in [4.69, 9.17) is 39.5 Å². The van der Waals surface area contributed by atoms with Crippen molar-refractivity contribution in [3.05, 3.63) is 49.1 Å². The molecule has 0 aliphatic carbocycles. The van der Waals surface area contributed by atoms with Gasteiger partial charge in [0, 0.05) is 9.90 Å². The number of ketones is 1. The highest BCUT2D eigenvalue weighted by Crippen LogP contribution is 2.35. The fraction of sp³-hybridized carbons (Fsp3) is 0.154. The molecule has 0 bridgehead atoms. The summed E-state index contributed by atoms with van der Waals surface area (Å²) in [5.74, 6) is 0.162. The molecule has 0 aliphatic rings. The van der Waals surface area contributed by atoms with Gasteiger partial charge in [0.1, 0.15) is 0 Å². The van der Waals surface area contributed by atoms with Crippen LogP contribution in [0.4, 0.5) is 0 Å². The van der Waals surface area contributed by atoms with Crippen molar-refractivity contribution in [1.82, 2.24) is 0 Å². The minimum absolute atomic E-state index is 0.110. The molecule has 0 unspecified atom stereocenters. The van der Waals surface area contributed by atoms with Crippen LogP contribution < -0.4 is 4.74 Å². The van der Waals surface area contributed by atoms with Gasteiger partial charge >= 0.3 is 0 Å². The highest BCUT2D eigenvalue weighted by molar-refractivity contribution is 7.14. The van der Waals surface area contributed by atoms with E-state index in [1.165, 1.54) is 23.5 Å². The first kappa shape index (κ1) is 14.7. The van der Waals surface area contributed by atoms with Gasteiger partial charge in [-0.3, -0.25) is 4.79 Å². The summed E-state index contributed by atoms with van der Waals surface area (Å²) < 4.78 is 5.38. The molecule has 0 saturated carbocycles. The summed E-state index contributed by atoms with van der Waals surface area (Å²) in [6, 6.07) is 6.70. The summed E-state index contributed by atoms with van der Waals surface area (Å²) in [7, 11) is 0. The molecule has 1 aromatic heterocycles. The summed E-state index contributed by atoms with van der Waals surface area (Å²) in [6.45, 7) is 1.83. The predicted molar refractivity (Wildman–Crippen MR) is 80.4 cm³/mol. The first-order valence-electron chi connectivity index (χ1n) is 5.34. The number of hydrogen-bond donors (Lipinski definition) is 0. The fourth-order valence-electron chi connectivity index (χ4n) is 1.46. The Kier molecular flexibility index (Phi) is 4.74. The van der Waals surface area contributed by atoms with Crippen LogP contribution in [0, 0.1) is 6.92 Å². The quantitative estimate of drug-likeness (QED) is 0.711. The third-order valence-corrected chi connectivity index (χ3v) is 4.15. The van der Waals surface area contributed by atoms with Gasteiger partial charge in [-0.05, 0) is 31.2 Å². The van der Waals surface area contributed by atoms with Crippen molar-refractivity contribution < 1.29 is 9.53 Å². The summed E-state index contributed by atoms with van der Waals surface area (Å²) in [4.78, 5) is 13.6. The zero-order valence-corrected chi connectivity index (χ0v) is 13.0. The fourth-order valence-corrected chi connectivity index (χ4v) is 3.18. The third-order valence-electron chi connectivity index (χ3n) is 2.33.